The normalized spacial score (nSPS) is 18.1. The zero-order valence-electron chi connectivity index (χ0n) is 18.6. The Labute approximate surface area is 205 Å². The predicted octanol–water partition coefficient (Wildman–Crippen LogP) is 4.11. The second-order valence-electron chi connectivity index (χ2n) is 7.67. The first kappa shape index (κ1) is 22.5. The summed E-state index contributed by atoms with van der Waals surface area (Å²) in [5.74, 6) is -0.661. The minimum Gasteiger partial charge on any atom is -0.507 e. The van der Waals surface area contributed by atoms with Crippen molar-refractivity contribution < 1.29 is 33.6 Å². The van der Waals surface area contributed by atoms with Crippen LogP contribution in [0.1, 0.15) is 17.2 Å². The van der Waals surface area contributed by atoms with E-state index in [1.165, 1.54) is 31.3 Å². The highest BCUT2D eigenvalue weighted by atomic mass is 35.5. The molecule has 1 unspecified atom stereocenters. The Bertz CT molecular complexity index is 1370. The summed E-state index contributed by atoms with van der Waals surface area (Å²) in [7, 11) is 2.83. The number of methoxy groups -OCH3 is 2. The van der Waals surface area contributed by atoms with E-state index < -0.39 is 23.5 Å². The summed E-state index contributed by atoms with van der Waals surface area (Å²) >= 11 is 6.21. The molecule has 5 rings (SSSR count). The van der Waals surface area contributed by atoms with Gasteiger partial charge in [-0.25, -0.2) is 0 Å². The Morgan fingerprint density at radius 1 is 1.03 bits per heavy atom. The van der Waals surface area contributed by atoms with Crippen molar-refractivity contribution in [1.82, 2.24) is 4.98 Å². The summed E-state index contributed by atoms with van der Waals surface area (Å²) in [4.78, 5) is 32.0. The molecule has 3 heterocycles. The van der Waals surface area contributed by atoms with Crippen molar-refractivity contribution in [1.29, 1.82) is 0 Å². The molecular weight excluding hydrogens is 476 g/mol. The maximum atomic E-state index is 13.4. The minimum atomic E-state index is -0.954. The number of halogens is 1. The number of ether oxygens (including phenoxy) is 4. The number of carbonyl (C=O) groups excluding carboxylic acids is 2. The highest BCUT2D eigenvalue weighted by Gasteiger charge is 2.47. The summed E-state index contributed by atoms with van der Waals surface area (Å²) in [6, 6.07) is 10.2. The molecule has 0 spiro atoms. The van der Waals surface area contributed by atoms with E-state index in [0.717, 1.165) is 0 Å². The fraction of sp³-hybridized carbons (Fsp3) is 0.160. The van der Waals surface area contributed by atoms with E-state index in [2.05, 4.69) is 4.98 Å². The zero-order valence-corrected chi connectivity index (χ0v) is 19.4. The standard InChI is InChI=1S/C25H19ClN2O7/c1-32-18-11-16(26)19(33-2)10-15(18)23(29)21-22(13-5-7-27-8-6-13)28(25(31)24(21)30)14-3-4-17-20(9-14)35-12-34-17/h3-11,22,29H,12H2,1-2H3/b23-21+. The number of hydrogen-bond acceptors (Lipinski definition) is 8. The number of hydrogen-bond donors (Lipinski definition) is 1. The molecule has 0 aliphatic carbocycles. The second kappa shape index (κ2) is 8.84. The molecule has 1 atom stereocenters. The topological polar surface area (TPSA) is 107 Å². The number of fused-ring (bicyclic) bond motifs is 1. The van der Waals surface area contributed by atoms with Crippen LogP contribution in [0.25, 0.3) is 5.76 Å². The van der Waals surface area contributed by atoms with Crippen LogP contribution in [0.3, 0.4) is 0 Å². The summed E-state index contributed by atoms with van der Waals surface area (Å²) in [6.45, 7) is 0.0591. The number of benzene rings is 2. The number of ketones is 1. The van der Waals surface area contributed by atoms with Gasteiger partial charge in [-0.15, -0.1) is 0 Å². The van der Waals surface area contributed by atoms with E-state index in [-0.39, 0.29) is 34.5 Å². The third-order valence-corrected chi connectivity index (χ3v) is 6.13. The number of rotatable bonds is 5. The van der Waals surface area contributed by atoms with Crippen LogP contribution in [0.2, 0.25) is 5.02 Å². The van der Waals surface area contributed by atoms with Gasteiger partial charge in [0.25, 0.3) is 11.7 Å². The number of carbonyl (C=O) groups is 2. The average Bonchev–Trinajstić information content (AvgIpc) is 3.45. The lowest BCUT2D eigenvalue weighted by Crippen LogP contribution is -2.29. The van der Waals surface area contributed by atoms with Crippen molar-refractivity contribution in [3.8, 4) is 23.0 Å². The molecule has 2 aliphatic heterocycles. The molecule has 1 saturated heterocycles. The fourth-order valence-electron chi connectivity index (χ4n) is 4.19. The first-order chi connectivity index (χ1) is 16.9. The van der Waals surface area contributed by atoms with E-state index in [1.54, 1.807) is 42.7 Å². The van der Waals surface area contributed by atoms with Crippen LogP contribution in [0, 0.1) is 0 Å². The molecule has 2 aromatic carbocycles. The van der Waals surface area contributed by atoms with Crippen LogP contribution in [-0.4, -0.2) is 42.8 Å². The number of aliphatic hydroxyl groups excluding tert-OH is 1. The number of anilines is 1. The van der Waals surface area contributed by atoms with Gasteiger partial charge in [0, 0.05) is 30.2 Å². The highest BCUT2D eigenvalue weighted by Crippen LogP contribution is 2.46. The van der Waals surface area contributed by atoms with E-state index >= 15 is 0 Å². The maximum absolute atomic E-state index is 13.4. The van der Waals surface area contributed by atoms with Gasteiger partial charge in [-0.3, -0.25) is 19.5 Å². The van der Waals surface area contributed by atoms with E-state index in [9.17, 15) is 14.7 Å². The Balaban J connectivity index is 1.73. The number of aromatic nitrogens is 1. The van der Waals surface area contributed by atoms with E-state index in [1.807, 2.05) is 0 Å². The number of Topliss-reactive ketones (excluding diaryl/α,β-unsaturated/α-hetero) is 1. The fourth-order valence-corrected chi connectivity index (χ4v) is 4.42. The molecule has 0 saturated carbocycles. The third kappa shape index (κ3) is 3.70. The summed E-state index contributed by atoms with van der Waals surface area (Å²) in [6.07, 6.45) is 3.09. The minimum absolute atomic E-state index is 0.0591. The van der Waals surface area contributed by atoms with Gasteiger partial charge in [-0.2, -0.15) is 0 Å². The van der Waals surface area contributed by atoms with Gasteiger partial charge in [0.1, 0.15) is 17.3 Å². The van der Waals surface area contributed by atoms with Crippen LogP contribution in [-0.2, 0) is 9.59 Å². The Kier molecular flexibility index (Phi) is 5.70. The van der Waals surface area contributed by atoms with Gasteiger partial charge >= 0.3 is 0 Å². The van der Waals surface area contributed by atoms with Crippen LogP contribution in [0.5, 0.6) is 23.0 Å². The van der Waals surface area contributed by atoms with Gasteiger partial charge in [-0.1, -0.05) is 11.6 Å². The van der Waals surface area contributed by atoms with E-state index in [0.29, 0.717) is 22.7 Å². The van der Waals surface area contributed by atoms with E-state index in [4.69, 9.17) is 30.5 Å². The molecule has 0 bridgehead atoms. The van der Waals surface area contributed by atoms with Crippen molar-refractivity contribution in [3.05, 3.63) is 76.6 Å². The maximum Gasteiger partial charge on any atom is 0.300 e. The van der Waals surface area contributed by atoms with Gasteiger partial charge < -0.3 is 24.1 Å². The molecule has 35 heavy (non-hydrogen) atoms. The first-order valence-electron chi connectivity index (χ1n) is 10.5. The molecule has 3 aromatic rings. The van der Waals surface area contributed by atoms with Crippen LogP contribution >= 0.6 is 11.6 Å². The molecule has 0 radical (unpaired) electrons. The van der Waals surface area contributed by atoms with Crippen molar-refractivity contribution >= 4 is 34.7 Å². The molecule has 9 nitrogen and oxygen atoms in total. The van der Waals surface area contributed by atoms with Crippen LogP contribution in [0.15, 0.2) is 60.4 Å². The third-order valence-electron chi connectivity index (χ3n) is 5.83. The lowest BCUT2D eigenvalue weighted by Gasteiger charge is -2.25. The molecular formula is C25H19ClN2O7. The summed E-state index contributed by atoms with van der Waals surface area (Å²) in [5.41, 5.74) is 0.995. The van der Waals surface area contributed by atoms with Gasteiger partial charge in [0.05, 0.1) is 36.4 Å². The smallest absolute Gasteiger partial charge is 0.300 e. The van der Waals surface area contributed by atoms with Crippen molar-refractivity contribution in [3.63, 3.8) is 0 Å². The van der Waals surface area contributed by atoms with Crippen LogP contribution in [0.4, 0.5) is 5.69 Å². The number of aliphatic hydroxyl groups is 1. The SMILES string of the molecule is COc1cc(/C(O)=C2\C(=O)C(=O)N(c3ccc4c(c3)OCO4)C2c2ccncc2)c(OC)cc1Cl. The number of amides is 1. The second-order valence-corrected chi connectivity index (χ2v) is 8.08. The van der Waals surface area contributed by atoms with Gasteiger partial charge in [0.15, 0.2) is 11.5 Å². The average molecular weight is 495 g/mol. The summed E-state index contributed by atoms with van der Waals surface area (Å²) in [5, 5.41) is 11.7. The zero-order chi connectivity index (χ0) is 24.7. The van der Waals surface area contributed by atoms with Crippen molar-refractivity contribution in [2.24, 2.45) is 0 Å². The molecule has 2 aliphatic rings. The number of nitrogens with zero attached hydrogens (tertiary/aromatic N) is 2. The monoisotopic (exact) mass is 494 g/mol. The van der Waals surface area contributed by atoms with Crippen LogP contribution < -0.4 is 23.8 Å². The highest BCUT2D eigenvalue weighted by molar-refractivity contribution is 6.51. The molecule has 1 amide bonds. The molecule has 10 heteroatoms. The molecule has 178 valence electrons. The lowest BCUT2D eigenvalue weighted by molar-refractivity contribution is -0.132. The summed E-state index contributed by atoms with van der Waals surface area (Å²) < 4.78 is 21.5. The molecule has 1 N–H and O–H groups in total. The largest absolute Gasteiger partial charge is 0.507 e. The number of pyridine rings is 1. The first-order valence-corrected chi connectivity index (χ1v) is 10.8. The van der Waals surface area contributed by atoms with Gasteiger partial charge in [0.2, 0.25) is 6.79 Å². The Morgan fingerprint density at radius 3 is 2.46 bits per heavy atom. The molecule has 1 aromatic heterocycles. The molecule has 1 fully saturated rings. The van der Waals surface area contributed by atoms with Crippen molar-refractivity contribution in [2.75, 3.05) is 25.9 Å². The Hall–Kier alpha value is -4.24. The predicted molar refractivity (Wildman–Crippen MR) is 126 cm³/mol. The van der Waals surface area contributed by atoms with Crippen molar-refractivity contribution in [2.45, 2.75) is 6.04 Å². The van der Waals surface area contributed by atoms with Gasteiger partial charge in [-0.05, 0) is 35.9 Å². The lowest BCUT2D eigenvalue weighted by atomic mass is 9.95. The Morgan fingerprint density at radius 2 is 1.74 bits per heavy atom. The quantitative estimate of drug-likeness (QED) is 0.321.